The van der Waals surface area contributed by atoms with E-state index >= 15 is 0 Å². The van der Waals surface area contributed by atoms with Gasteiger partial charge in [0, 0.05) is 13.2 Å². The maximum Gasteiger partial charge on any atom is 0.222 e. The first-order valence-corrected chi connectivity index (χ1v) is 4.71. The standard InChI is InChI=1S/C9H17NO2/c1-2-10-9(11)7-8-5-3-4-6-12-8/h8H,2-7H2,1H3,(H,10,11). The van der Waals surface area contributed by atoms with Gasteiger partial charge in [-0.25, -0.2) is 0 Å². The molecular formula is C9H17NO2. The fourth-order valence-electron chi connectivity index (χ4n) is 1.44. The summed E-state index contributed by atoms with van der Waals surface area (Å²) >= 11 is 0. The first kappa shape index (κ1) is 9.52. The Morgan fingerprint density at radius 1 is 1.58 bits per heavy atom. The third-order valence-electron chi connectivity index (χ3n) is 2.06. The maximum atomic E-state index is 11.1. The zero-order valence-electron chi connectivity index (χ0n) is 7.64. The quantitative estimate of drug-likeness (QED) is 0.690. The van der Waals surface area contributed by atoms with Gasteiger partial charge in [-0.15, -0.1) is 0 Å². The van der Waals surface area contributed by atoms with Crippen molar-refractivity contribution in [1.29, 1.82) is 0 Å². The minimum atomic E-state index is 0.115. The van der Waals surface area contributed by atoms with E-state index < -0.39 is 0 Å². The SMILES string of the molecule is CCNC(=O)CC1CCCCO1. The average molecular weight is 171 g/mol. The molecule has 1 aliphatic heterocycles. The topological polar surface area (TPSA) is 38.3 Å². The third kappa shape index (κ3) is 3.22. The fourth-order valence-corrected chi connectivity index (χ4v) is 1.44. The molecule has 1 saturated heterocycles. The van der Waals surface area contributed by atoms with Crippen LogP contribution in [-0.2, 0) is 9.53 Å². The van der Waals surface area contributed by atoms with E-state index in [2.05, 4.69) is 5.32 Å². The van der Waals surface area contributed by atoms with Crippen molar-refractivity contribution in [3.8, 4) is 0 Å². The number of hydrogen-bond acceptors (Lipinski definition) is 2. The van der Waals surface area contributed by atoms with E-state index in [0.717, 1.165) is 19.4 Å². The molecule has 12 heavy (non-hydrogen) atoms. The monoisotopic (exact) mass is 171 g/mol. The lowest BCUT2D eigenvalue weighted by Gasteiger charge is -2.21. The molecule has 0 spiro atoms. The zero-order valence-corrected chi connectivity index (χ0v) is 7.64. The largest absolute Gasteiger partial charge is 0.378 e. The highest BCUT2D eigenvalue weighted by atomic mass is 16.5. The summed E-state index contributed by atoms with van der Waals surface area (Å²) in [5.41, 5.74) is 0. The van der Waals surface area contributed by atoms with E-state index in [9.17, 15) is 4.79 Å². The molecule has 1 fully saturated rings. The molecule has 0 aromatic heterocycles. The molecule has 0 aromatic rings. The normalized spacial score (nSPS) is 23.6. The third-order valence-corrected chi connectivity index (χ3v) is 2.06. The molecular weight excluding hydrogens is 154 g/mol. The number of hydrogen-bond donors (Lipinski definition) is 1. The summed E-state index contributed by atoms with van der Waals surface area (Å²) in [6.45, 7) is 3.47. The number of amides is 1. The molecule has 1 N–H and O–H groups in total. The van der Waals surface area contributed by atoms with Gasteiger partial charge < -0.3 is 10.1 Å². The van der Waals surface area contributed by atoms with Crippen molar-refractivity contribution >= 4 is 5.91 Å². The van der Waals surface area contributed by atoms with E-state index in [0.29, 0.717) is 13.0 Å². The predicted octanol–water partition coefficient (Wildman–Crippen LogP) is 1.08. The van der Waals surface area contributed by atoms with Crippen LogP contribution < -0.4 is 5.32 Å². The van der Waals surface area contributed by atoms with E-state index in [-0.39, 0.29) is 12.0 Å². The van der Waals surface area contributed by atoms with E-state index in [1.165, 1.54) is 6.42 Å². The van der Waals surface area contributed by atoms with Crippen LogP contribution in [0.3, 0.4) is 0 Å². The van der Waals surface area contributed by atoms with E-state index in [1.54, 1.807) is 0 Å². The molecule has 1 aliphatic rings. The van der Waals surface area contributed by atoms with Crippen LogP contribution in [0.1, 0.15) is 32.6 Å². The van der Waals surface area contributed by atoms with Crippen LogP contribution in [0.4, 0.5) is 0 Å². The van der Waals surface area contributed by atoms with Gasteiger partial charge >= 0.3 is 0 Å². The Kier molecular flexibility index (Phi) is 4.08. The van der Waals surface area contributed by atoms with Crippen molar-refractivity contribution in [1.82, 2.24) is 5.32 Å². The summed E-state index contributed by atoms with van der Waals surface area (Å²) < 4.78 is 5.43. The van der Waals surface area contributed by atoms with Crippen molar-refractivity contribution in [2.24, 2.45) is 0 Å². The minimum Gasteiger partial charge on any atom is -0.378 e. The first-order chi connectivity index (χ1) is 5.83. The van der Waals surface area contributed by atoms with Gasteiger partial charge in [0.25, 0.3) is 0 Å². The van der Waals surface area contributed by atoms with Crippen molar-refractivity contribution < 1.29 is 9.53 Å². The molecule has 0 radical (unpaired) electrons. The molecule has 0 aromatic carbocycles. The van der Waals surface area contributed by atoms with Gasteiger partial charge in [-0.1, -0.05) is 0 Å². The molecule has 1 heterocycles. The Morgan fingerprint density at radius 2 is 2.42 bits per heavy atom. The number of rotatable bonds is 3. The highest BCUT2D eigenvalue weighted by Gasteiger charge is 2.16. The summed E-state index contributed by atoms with van der Waals surface area (Å²) in [4.78, 5) is 11.1. The van der Waals surface area contributed by atoms with Gasteiger partial charge in [-0.2, -0.15) is 0 Å². The van der Waals surface area contributed by atoms with Gasteiger partial charge in [0.15, 0.2) is 0 Å². The van der Waals surface area contributed by atoms with Crippen LogP contribution in [0, 0.1) is 0 Å². The fraction of sp³-hybridized carbons (Fsp3) is 0.889. The Hall–Kier alpha value is -0.570. The van der Waals surface area contributed by atoms with E-state index in [4.69, 9.17) is 4.74 Å². The van der Waals surface area contributed by atoms with Crippen LogP contribution in [0.15, 0.2) is 0 Å². The Labute approximate surface area is 73.5 Å². The molecule has 3 nitrogen and oxygen atoms in total. The molecule has 0 saturated carbocycles. The van der Waals surface area contributed by atoms with Crippen LogP contribution >= 0.6 is 0 Å². The lowest BCUT2D eigenvalue weighted by atomic mass is 10.1. The number of carbonyl (C=O) groups is 1. The van der Waals surface area contributed by atoms with Gasteiger partial charge in [0.05, 0.1) is 12.5 Å². The number of nitrogens with one attached hydrogen (secondary N) is 1. The van der Waals surface area contributed by atoms with Gasteiger partial charge in [0.2, 0.25) is 5.91 Å². The summed E-state index contributed by atoms with van der Waals surface area (Å²) in [7, 11) is 0. The van der Waals surface area contributed by atoms with Crippen LogP contribution in [0.25, 0.3) is 0 Å². The van der Waals surface area contributed by atoms with Crippen LogP contribution in [0.5, 0.6) is 0 Å². The lowest BCUT2D eigenvalue weighted by molar-refractivity contribution is -0.124. The molecule has 0 aliphatic carbocycles. The zero-order chi connectivity index (χ0) is 8.81. The molecule has 3 heteroatoms. The van der Waals surface area contributed by atoms with E-state index in [1.807, 2.05) is 6.92 Å². The van der Waals surface area contributed by atoms with Crippen LogP contribution in [-0.4, -0.2) is 25.2 Å². The molecule has 1 amide bonds. The smallest absolute Gasteiger partial charge is 0.222 e. The average Bonchev–Trinajstić information content (AvgIpc) is 2.06. The Bertz CT molecular complexity index is 141. The maximum absolute atomic E-state index is 11.1. The summed E-state index contributed by atoms with van der Waals surface area (Å²) in [6, 6.07) is 0. The molecule has 70 valence electrons. The van der Waals surface area contributed by atoms with Crippen molar-refractivity contribution in [2.45, 2.75) is 38.7 Å². The second kappa shape index (κ2) is 5.14. The number of carbonyl (C=O) groups excluding carboxylic acids is 1. The molecule has 1 unspecified atom stereocenters. The van der Waals surface area contributed by atoms with Crippen LogP contribution in [0.2, 0.25) is 0 Å². The molecule has 1 atom stereocenters. The Morgan fingerprint density at radius 3 is 3.00 bits per heavy atom. The lowest BCUT2D eigenvalue weighted by Crippen LogP contribution is -2.30. The molecule has 1 rings (SSSR count). The first-order valence-electron chi connectivity index (χ1n) is 4.71. The van der Waals surface area contributed by atoms with Crippen molar-refractivity contribution in [3.05, 3.63) is 0 Å². The molecule has 0 bridgehead atoms. The Balaban J connectivity index is 2.15. The summed E-state index contributed by atoms with van der Waals surface area (Å²) in [5, 5.41) is 2.77. The summed E-state index contributed by atoms with van der Waals surface area (Å²) in [6.07, 6.45) is 4.09. The second-order valence-electron chi connectivity index (χ2n) is 3.15. The second-order valence-corrected chi connectivity index (χ2v) is 3.15. The highest BCUT2D eigenvalue weighted by Crippen LogP contribution is 2.15. The van der Waals surface area contributed by atoms with Crippen molar-refractivity contribution in [3.63, 3.8) is 0 Å². The van der Waals surface area contributed by atoms with Crippen molar-refractivity contribution in [2.75, 3.05) is 13.2 Å². The number of ether oxygens (including phenoxy) is 1. The van der Waals surface area contributed by atoms with Gasteiger partial charge in [-0.05, 0) is 26.2 Å². The highest BCUT2D eigenvalue weighted by molar-refractivity contribution is 5.76. The predicted molar refractivity (Wildman–Crippen MR) is 46.9 cm³/mol. The summed E-state index contributed by atoms with van der Waals surface area (Å²) in [5.74, 6) is 0.115. The van der Waals surface area contributed by atoms with Gasteiger partial charge in [-0.3, -0.25) is 4.79 Å². The van der Waals surface area contributed by atoms with Gasteiger partial charge in [0.1, 0.15) is 0 Å². The minimum absolute atomic E-state index is 0.115.